The molecule has 0 radical (unpaired) electrons. The molecule has 4 nitrogen and oxygen atoms in total. The van der Waals surface area contributed by atoms with Crippen LogP contribution in [0, 0.1) is 5.92 Å². The second-order valence-electron chi connectivity index (χ2n) is 5.73. The normalized spacial score (nSPS) is 20.1. The highest BCUT2D eigenvalue weighted by Crippen LogP contribution is 2.38. The maximum Gasteiger partial charge on any atom is 0.396 e. The lowest BCUT2D eigenvalue weighted by atomic mass is 9.93. The van der Waals surface area contributed by atoms with Crippen LogP contribution in [0.5, 0.6) is 0 Å². The molecular formula is C16H18F3NO3. The minimum Gasteiger partial charge on any atom is -0.481 e. The van der Waals surface area contributed by atoms with Gasteiger partial charge in [-0.3, -0.25) is 9.59 Å². The van der Waals surface area contributed by atoms with E-state index in [9.17, 15) is 22.8 Å². The van der Waals surface area contributed by atoms with Gasteiger partial charge in [-0.2, -0.15) is 13.2 Å². The van der Waals surface area contributed by atoms with Crippen LogP contribution < -0.4 is 0 Å². The molecule has 1 aliphatic heterocycles. The average molecular weight is 329 g/mol. The van der Waals surface area contributed by atoms with Crippen molar-refractivity contribution in [3.05, 3.63) is 35.9 Å². The number of aliphatic carboxylic acids is 1. The van der Waals surface area contributed by atoms with Gasteiger partial charge in [-0.15, -0.1) is 0 Å². The Bertz CT molecular complexity index is 559. The van der Waals surface area contributed by atoms with Crippen LogP contribution in [0.3, 0.4) is 0 Å². The van der Waals surface area contributed by atoms with E-state index in [1.807, 2.05) is 0 Å². The molecule has 2 rings (SSSR count). The number of hydrogen-bond acceptors (Lipinski definition) is 2. The molecule has 0 spiro atoms. The van der Waals surface area contributed by atoms with E-state index >= 15 is 0 Å². The minimum absolute atomic E-state index is 0.0203. The fraction of sp³-hybridized carbons (Fsp3) is 0.500. The van der Waals surface area contributed by atoms with E-state index < -0.39 is 36.3 Å². The second-order valence-corrected chi connectivity index (χ2v) is 5.73. The molecule has 1 aromatic carbocycles. The van der Waals surface area contributed by atoms with E-state index in [2.05, 4.69) is 0 Å². The van der Waals surface area contributed by atoms with Crippen LogP contribution in [0.4, 0.5) is 13.2 Å². The molecule has 1 amide bonds. The van der Waals surface area contributed by atoms with Crippen LogP contribution in [-0.2, 0) is 9.59 Å². The van der Waals surface area contributed by atoms with Crippen LogP contribution in [0.15, 0.2) is 30.3 Å². The Morgan fingerprint density at radius 1 is 1.26 bits per heavy atom. The summed E-state index contributed by atoms with van der Waals surface area (Å²) < 4.78 is 39.8. The van der Waals surface area contributed by atoms with Crippen molar-refractivity contribution in [3.8, 4) is 0 Å². The highest BCUT2D eigenvalue weighted by Gasteiger charge is 2.43. The van der Waals surface area contributed by atoms with Crippen molar-refractivity contribution in [2.24, 2.45) is 5.92 Å². The smallest absolute Gasteiger partial charge is 0.396 e. The van der Waals surface area contributed by atoms with E-state index in [4.69, 9.17) is 5.11 Å². The summed E-state index contributed by atoms with van der Waals surface area (Å²) in [6, 6.07) is 7.31. The Morgan fingerprint density at radius 2 is 1.91 bits per heavy atom. The number of hydrogen-bond donors (Lipinski definition) is 1. The van der Waals surface area contributed by atoms with Gasteiger partial charge in [0, 0.05) is 19.5 Å². The number of carboxylic acid groups (broad SMARTS) is 1. The summed E-state index contributed by atoms with van der Waals surface area (Å²) in [6.07, 6.45) is -4.29. The maximum absolute atomic E-state index is 13.3. The van der Waals surface area contributed by atoms with Crippen LogP contribution in [-0.4, -0.2) is 41.1 Å². The molecule has 0 aromatic heterocycles. The molecule has 0 saturated carbocycles. The molecule has 2 atom stereocenters. The highest BCUT2D eigenvalue weighted by atomic mass is 19.4. The third kappa shape index (κ3) is 4.46. The topological polar surface area (TPSA) is 57.6 Å². The molecule has 23 heavy (non-hydrogen) atoms. The van der Waals surface area contributed by atoms with Crippen molar-refractivity contribution in [3.63, 3.8) is 0 Å². The number of carbonyl (C=O) groups excluding carboxylic acids is 1. The monoisotopic (exact) mass is 329 g/mol. The third-order valence-corrected chi connectivity index (χ3v) is 4.10. The largest absolute Gasteiger partial charge is 0.481 e. The van der Waals surface area contributed by atoms with Crippen molar-refractivity contribution in [1.29, 1.82) is 0 Å². The highest BCUT2D eigenvalue weighted by molar-refractivity contribution is 5.79. The minimum atomic E-state index is -4.53. The predicted octanol–water partition coefficient (Wildman–Crippen LogP) is 3.05. The second kappa shape index (κ2) is 7.02. The fourth-order valence-electron chi connectivity index (χ4n) is 2.82. The molecule has 1 aromatic rings. The van der Waals surface area contributed by atoms with Gasteiger partial charge in [0.2, 0.25) is 5.91 Å². The Hall–Kier alpha value is -2.05. The van der Waals surface area contributed by atoms with Gasteiger partial charge < -0.3 is 10.0 Å². The van der Waals surface area contributed by atoms with Gasteiger partial charge in [0.1, 0.15) is 0 Å². The van der Waals surface area contributed by atoms with Crippen LogP contribution in [0.2, 0.25) is 0 Å². The van der Waals surface area contributed by atoms with Gasteiger partial charge in [-0.25, -0.2) is 0 Å². The first-order valence-corrected chi connectivity index (χ1v) is 7.41. The van der Waals surface area contributed by atoms with Crippen molar-refractivity contribution >= 4 is 11.9 Å². The van der Waals surface area contributed by atoms with Gasteiger partial charge in [-0.05, 0) is 18.4 Å². The van der Waals surface area contributed by atoms with Crippen LogP contribution in [0.25, 0.3) is 0 Å². The molecule has 1 aliphatic rings. The number of benzene rings is 1. The zero-order chi connectivity index (χ0) is 17.0. The van der Waals surface area contributed by atoms with Gasteiger partial charge in [0.15, 0.2) is 0 Å². The first kappa shape index (κ1) is 17.3. The first-order chi connectivity index (χ1) is 10.8. The summed E-state index contributed by atoms with van der Waals surface area (Å²) in [6.45, 7) is 0.287. The van der Waals surface area contributed by atoms with E-state index in [1.165, 1.54) is 29.2 Å². The standard InChI is InChI=1S/C16H18F3NO3/c17-16(18,19)13(11-5-2-1-3-6-11)9-14(21)20-8-4-7-12(10-20)15(22)23/h1-3,5-6,12-13H,4,7-10H2,(H,22,23)/t12-,13+/m0/s1. The molecule has 1 N–H and O–H groups in total. The van der Waals surface area contributed by atoms with Gasteiger partial charge in [0.05, 0.1) is 11.8 Å². The zero-order valence-corrected chi connectivity index (χ0v) is 12.4. The summed E-state index contributed by atoms with van der Waals surface area (Å²) in [5.41, 5.74) is 0.0418. The summed E-state index contributed by atoms with van der Waals surface area (Å²) in [4.78, 5) is 24.5. The van der Waals surface area contributed by atoms with Gasteiger partial charge in [0.25, 0.3) is 0 Å². The lowest BCUT2D eigenvalue weighted by Crippen LogP contribution is -2.43. The SMILES string of the molecule is O=C(O)[C@H]1CCCN(C(=O)C[C@H](c2ccccc2)C(F)(F)F)C1. The number of piperidine rings is 1. The summed E-state index contributed by atoms with van der Waals surface area (Å²) in [7, 11) is 0. The van der Waals surface area contributed by atoms with Crippen LogP contribution >= 0.6 is 0 Å². The number of halogens is 3. The number of carboxylic acids is 1. The molecule has 0 aliphatic carbocycles. The lowest BCUT2D eigenvalue weighted by molar-refractivity contribution is -0.162. The summed E-state index contributed by atoms with van der Waals surface area (Å²) >= 11 is 0. The summed E-state index contributed by atoms with van der Waals surface area (Å²) in [5, 5.41) is 9.01. The number of alkyl halides is 3. The van der Waals surface area contributed by atoms with E-state index in [-0.39, 0.29) is 12.1 Å². The first-order valence-electron chi connectivity index (χ1n) is 7.41. The number of amides is 1. The van der Waals surface area contributed by atoms with Crippen molar-refractivity contribution in [2.75, 3.05) is 13.1 Å². The molecule has 126 valence electrons. The molecule has 7 heteroatoms. The Kier molecular flexibility index (Phi) is 5.28. The maximum atomic E-state index is 13.3. The zero-order valence-electron chi connectivity index (χ0n) is 12.4. The molecule has 1 heterocycles. The number of nitrogens with zero attached hydrogens (tertiary/aromatic N) is 1. The molecular weight excluding hydrogens is 311 g/mol. The Labute approximate surface area is 131 Å². The van der Waals surface area contributed by atoms with E-state index in [1.54, 1.807) is 6.07 Å². The van der Waals surface area contributed by atoms with E-state index in [0.717, 1.165) is 0 Å². The third-order valence-electron chi connectivity index (χ3n) is 4.10. The molecule has 0 unspecified atom stereocenters. The van der Waals surface area contributed by atoms with Crippen molar-refractivity contribution in [1.82, 2.24) is 4.90 Å². The quantitative estimate of drug-likeness (QED) is 0.924. The summed E-state index contributed by atoms with van der Waals surface area (Å²) in [5.74, 6) is -4.24. The average Bonchev–Trinajstić information content (AvgIpc) is 2.52. The molecule has 1 fully saturated rings. The number of rotatable bonds is 4. The van der Waals surface area contributed by atoms with Crippen molar-refractivity contribution in [2.45, 2.75) is 31.4 Å². The predicted molar refractivity (Wildman–Crippen MR) is 76.8 cm³/mol. The Morgan fingerprint density at radius 3 is 2.48 bits per heavy atom. The fourth-order valence-corrected chi connectivity index (χ4v) is 2.82. The molecule has 0 bridgehead atoms. The van der Waals surface area contributed by atoms with Crippen molar-refractivity contribution < 1.29 is 27.9 Å². The number of likely N-dealkylation sites (tertiary alicyclic amines) is 1. The Balaban J connectivity index is 2.10. The number of carbonyl (C=O) groups is 2. The molecule has 1 saturated heterocycles. The van der Waals surface area contributed by atoms with Gasteiger partial charge in [-0.1, -0.05) is 30.3 Å². The van der Waals surface area contributed by atoms with Gasteiger partial charge >= 0.3 is 12.1 Å². The van der Waals surface area contributed by atoms with E-state index in [0.29, 0.717) is 19.4 Å². The lowest BCUT2D eigenvalue weighted by Gasteiger charge is -2.32. The van der Waals surface area contributed by atoms with Crippen LogP contribution in [0.1, 0.15) is 30.7 Å².